The molecule has 0 heterocycles. The van der Waals surface area contributed by atoms with Gasteiger partial charge in [-0.05, 0) is 18.0 Å². The molecule has 1 heteroatoms. The Morgan fingerprint density at radius 3 is 2.12 bits per heavy atom. The van der Waals surface area contributed by atoms with Crippen molar-refractivity contribution < 1.29 is 0 Å². The molecule has 0 nitrogen and oxygen atoms in total. The van der Waals surface area contributed by atoms with Gasteiger partial charge < -0.3 is 0 Å². The van der Waals surface area contributed by atoms with Crippen LogP contribution in [-0.2, 0) is 0 Å². The first-order valence-corrected chi connectivity index (χ1v) is 6.71. The van der Waals surface area contributed by atoms with Crippen LogP contribution in [0.5, 0.6) is 0 Å². The van der Waals surface area contributed by atoms with E-state index >= 15 is 0 Å². The Morgan fingerprint density at radius 1 is 0.875 bits per heavy atom. The molecule has 80 valence electrons. The van der Waals surface area contributed by atoms with Gasteiger partial charge >= 0.3 is 0 Å². The molecule has 0 bridgehead atoms. The molecular formula is C15H16Si. The SMILES string of the molecule is Cc1ccc(C(C)[Si]c2ccccc2)cc1. The van der Waals surface area contributed by atoms with E-state index in [2.05, 4.69) is 68.4 Å². The summed E-state index contributed by atoms with van der Waals surface area (Å²) in [5.74, 6) is 0. The fourth-order valence-electron chi connectivity index (χ4n) is 1.72. The molecule has 2 aromatic carbocycles. The third-order valence-electron chi connectivity index (χ3n) is 2.73. The maximum Gasteiger partial charge on any atom is 0.0887 e. The number of rotatable bonds is 3. The molecule has 0 N–H and O–H groups in total. The van der Waals surface area contributed by atoms with Crippen LogP contribution >= 0.6 is 0 Å². The summed E-state index contributed by atoms with van der Waals surface area (Å²) in [5.41, 5.74) is 3.38. The van der Waals surface area contributed by atoms with Gasteiger partial charge in [-0.25, -0.2) is 0 Å². The van der Waals surface area contributed by atoms with Gasteiger partial charge in [0.2, 0.25) is 0 Å². The molecule has 0 aliphatic heterocycles. The van der Waals surface area contributed by atoms with Crippen molar-refractivity contribution >= 4 is 14.7 Å². The maximum absolute atomic E-state index is 2.30. The number of benzene rings is 2. The minimum absolute atomic E-state index is 0.614. The molecule has 2 aromatic rings. The first kappa shape index (κ1) is 11.2. The lowest BCUT2D eigenvalue weighted by atomic mass is 10.1. The Balaban J connectivity index is 2.09. The van der Waals surface area contributed by atoms with Gasteiger partial charge in [-0.2, -0.15) is 0 Å². The zero-order valence-corrected chi connectivity index (χ0v) is 10.8. The molecule has 1 atom stereocenters. The van der Waals surface area contributed by atoms with Crippen molar-refractivity contribution in [2.45, 2.75) is 19.4 Å². The van der Waals surface area contributed by atoms with Crippen LogP contribution < -0.4 is 5.19 Å². The van der Waals surface area contributed by atoms with E-state index in [1.807, 2.05) is 0 Å². The second-order valence-corrected chi connectivity index (χ2v) is 5.87. The van der Waals surface area contributed by atoms with Crippen molar-refractivity contribution in [2.24, 2.45) is 0 Å². The van der Waals surface area contributed by atoms with E-state index in [1.165, 1.54) is 16.3 Å². The predicted molar refractivity (Wildman–Crippen MR) is 71.4 cm³/mol. The molecule has 2 radical (unpaired) electrons. The first-order chi connectivity index (χ1) is 7.75. The summed E-state index contributed by atoms with van der Waals surface area (Å²) in [7, 11) is 0.852. The van der Waals surface area contributed by atoms with Crippen molar-refractivity contribution in [1.29, 1.82) is 0 Å². The summed E-state index contributed by atoms with van der Waals surface area (Å²) in [6, 6.07) is 19.6. The Morgan fingerprint density at radius 2 is 1.50 bits per heavy atom. The van der Waals surface area contributed by atoms with E-state index in [-0.39, 0.29) is 0 Å². The molecule has 0 aromatic heterocycles. The molecule has 1 unspecified atom stereocenters. The average Bonchev–Trinajstić information content (AvgIpc) is 2.31. The Labute approximate surface area is 100 Å². The van der Waals surface area contributed by atoms with Gasteiger partial charge in [-0.3, -0.25) is 0 Å². The molecular weight excluding hydrogens is 208 g/mol. The molecule has 0 saturated carbocycles. The summed E-state index contributed by atoms with van der Waals surface area (Å²) in [4.78, 5) is 0. The predicted octanol–water partition coefficient (Wildman–Crippen LogP) is 3.09. The molecule has 2 rings (SSSR count). The molecule has 0 aliphatic carbocycles. The number of hydrogen-bond acceptors (Lipinski definition) is 0. The zero-order chi connectivity index (χ0) is 11.4. The van der Waals surface area contributed by atoms with Crippen LogP contribution in [-0.4, -0.2) is 9.52 Å². The normalized spacial score (nSPS) is 12.4. The van der Waals surface area contributed by atoms with Crippen molar-refractivity contribution in [1.82, 2.24) is 0 Å². The summed E-state index contributed by atoms with van der Waals surface area (Å²) in [5, 5.41) is 1.44. The van der Waals surface area contributed by atoms with E-state index in [9.17, 15) is 0 Å². The highest BCUT2D eigenvalue weighted by Gasteiger charge is 2.07. The molecule has 0 aliphatic rings. The molecule has 0 spiro atoms. The van der Waals surface area contributed by atoms with Crippen molar-refractivity contribution in [3.63, 3.8) is 0 Å². The summed E-state index contributed by atoms with van der Waals surface area (Å²) < 4.78 is 0. The summed E-state index contributed by atoms with van der Waals surface area (Å²) in [6.45, 7) is 4.43. The Hall–Kier alpha value is -1.34. The summed E-state index contributed by atoms with van der Waals surface area (Å²) in [6.07, 6.45) is 0. The molecule has 0 saturated heterocycles. The van der Waals surface area contributed by atoms with Gasteiger partial charge in [0.25, 0.3) is 0 Å². The average molecular weight is 224 g/mol. The fraction of sp³-hybridized carbons (Fsp3) is 0.200. The lowest BCUT2D eigenvalue weighted by molar-refractivity contribution is 1.07. The topological polar surface area (TPSA) is 0 Å². The van der Waals surface area contributed by atoms with Crippen LogP contribution in [0.25, 0.3) is 0 Å². The van der Waals surface area contributed by atoms with Gasteiger partial charge in [0.1, 0.15) is 0 Å². The van der Waals surface area contributed by atoms with Crippen LogP contribution in [0.4, 0.5) is 0 Å². The Bertz CT molecular complexity index is 431. The lowest BCUT2D eigenvalue weighted by Crippen LogP contribution is -2.19. The highest BCUT2D eigenvalue weighted by atomic mass is 28.2. The quantitative estimate of drug-likeness (QED) is 0.703. The largest absolute Gasteiger partial charge is 0.0887 e. The number of hydrogen-bond donors (Lipinski definition) is 0. The van der Waals surface area contributed by atoms with E-state index in [0.29, 0.717) is 5.54 Å². The third-order valence-corrected chi connectivity index (χ3v) is 4.17. The molecule has 16 heavy (non-hydrogen) atoms. The highest BCUT2D eigenvalue weighted by molar-refractivity contribution is 6.54. The van der Waals surface area contributed by atoms with Crippen molar-refractivity contribution in [2.75, 3.05) is 0 Å². The third kappa shape index (κ3) is 2.83. The molecule has 0 amide bonds. The second-order valence-electron chi connectivity index (χ2n) is 4.14. The van der Waals surface area contributed by atoms with Crippen LogP contribution in [0.1, 0.15) is 23.6 Å². The van der Waals surface area contributed by atoms with E-state index in [0.717, 1.165) is 9.52 Å². The smallest absolute Gasteiger partial charge is 0.0636 e. The standard InChI is InChI=1S/C15H16Si/c1-12-8-10-14(11-9-12)13(2)16-15-6-4-3-5-7-15/h3-11,13H,1-2H3. The lowest BCUT2D eigenvalue weighted by Gasteiger charge is -2.11. The first-order valence-electron chi connectivity index (χ1n) is 5.64. The van der Waals surface area contributed by atoms with Gasteiger partial charge in [-0.1, -0.05) is 72.3 Å². The van der Waals surface area contributed by atoms with Crippen LogP contribution in [0.3, 0.4) is 0 Å². The monoisotopic (exact) mass is 224 g/mol. The second kappa shape index (κ2) is 5.13. The zero-order valence-electron chi connectivity index (χ0n) is 9.77. The van der Waals surface area contributed by atoms with Gasteiger partial charge in [0.15, 0.2) is 0 Å². The fourth-order valence-corrected chi connectivity index (χ4v) is 2.97. The van der Waals surface area contributed by atoms with Crippen molar-refractivity contribution in [3.8, 4) is 0 Å². The van der Waals surface area contributed by atoms with Gasteiger partial charge in [-0.15, -0.1) is 0 Å². The highest BCUT2D eigenvalue weighted by Crippen LogP contribution is 2.14. The minimum atomic E-state index is 0.614. The van der Waals surface area contributed by atoms with E-state index in [4.69, 9.17) is 0 Å². The van der Waals surface area contributed by atoms with E-state index < -0.39 is 0 Å². The van der Waals surface area contributed by atoms with Crippen LogP contribution in [0, 0.1) is 6.92 Å². The van der Waals surface area contributed by atoms with Gasteiger partial charge in [0.05, 0.1) is 9.52 Å². The van der Waals surface area contributed by atoms with Crippen molar-refractivity contribution in [3.05, 3.63) is 65.7 Å². The summed E-state index contributed by atoms with van der Waals surface area (Å²) >= 11 is 0. The molecule has 0 fully saturated rings. The van der Waals surface area contributed by atoms with Gasteiger partial charge in [0, 0.05) is 0 Å². The number of aryl methyl sites for hydroxylation is 1. The Kier molecular flexibility index (Phi) is 3.57. The van der Waals surface area contributed by atoms with E-state index in [1.54, 1.807) is 0 Å². The van der Waals surface area contributed by atoms with Crippen LogP contribution in [0.15, 0.2) is 54.6 Å². The maximum atomic E-state index is 2.30. The van der Waals surface area contributed by atoms with Crippen LogP contribution in [0.2, 0.25) is 0 Å². The minimum Gasteiger partial charge on any atom is -0.0636 e.